The van der Waals surface area contributed by atoms with Crippen LogP contribution < -0.4 is 0 Å². The molecule has 0 saturated heterocycles. The number of hydrogen-bond acceptors (Lipinski definition) is 4. The first kappa shape index (κ1) is 26.9. The van der Waals surface area contributed by atoms with Gasteiger partial charge in [-0.2, -0.15) is 0 Å². The van der Waals surface area contributed by atoms with Gasteiger partial charge in [0.05, 0.1) is 0 Å². The van der Waals surface area contributed by atoms with Crippen LogP contribution in [0.15, 0.2) is 154 Å². The number of rotatable bonds is 2. The second-order valence-electron chi connectivity index (χ2n) is 13.1. The number of para-hydroxylation sites is 2. The van der Waals surface area contributed by atoms with E-state index in [9.17, 15) is 0 Å². The number of benzene rings is 8. The summed E-state index contributed by atoms with van der Waals surface area (Å²) in [5, 5.41) is 15.6. The largest absolute Gasteiger partial charge is 0.456 e. The Labute approximate surface area is 293 Å². The van der Waals surface area contributed by atoms with Gasteiger partial charge in [0.15, 0.2) is 0 Å². The SMILES string of the molecule is c1ccc2c(c1)oc1ccc3oc4c(-c5c6ccccc6c(-c6ccc7c(c6)sc6ccc8sccc8c67)c6ccccc56)cccc4c3c12. The van der Waals surface area contributed by atoms with E-state index in [4.69, 9.17) is 8.83 Å². The second-order valence-corrected chi connectivity index (χ2v) is 15.2. The molecule has 12 rings (SSSR count). The third-order valence-corrected chi connectivity index (χ3v) is 12.6. The minimum atomic E-state index is 0.869. The minimum Gasteiger partial charge on any atom is -0.456 e. The lowest BCUT2D eigenvalue weighted by Gasteiger charge is -2.18. The average molecular weight is 673 g/mol. The van der Waals surface area contributed by atoms with E-state index in [0.717, 1.165) is 49.4 Å². The molecule has 0 aliphatic heterocycles. The molecule has 0 fully saturated rings. The fourth-order valence-electron chi connectivity index (χ4n) is 8.50. The van der Waals surface area contributed by atoms with E-state index in [0.29, 0.717) is 0 Å². The molecule has 0 saturated carbocycles. The van der Waals surface area contributed by atoms with E-state index < -0.39 is 0 Å². The monoisotopic (exact) mass is 672 g/mol. The summed E-state index contributed by atoms with van der Waals surface area (Å²) in [5.41, 5.74) is 8.33. The van der Waals surface area contributed by atoms with Crippen LogP contribution in [-0.2, 0) is 0 Å². The van der Waals surface area contributed by atoms with Gasteiger partial charge in [-0.3, -0.25) is 0 Å². The molecule has 0 aliphatic rings. The van der Waals surface area contributed by atoms with Gasteiger partial charge in [-0.05, 0) is 80.5 Å². The highest BCUT2D eigenvalue weighted by Gasteiger charge is 2.22. The van der Waals surface area contributed by atoms with Crippen LogP contribution in [-0.4, -0.2) is 0 Å². The highest BCUT2D eigenvalue weighted by Crippen LogP contribution is 2.49. The van der Waals surface area contributed by atoms with Gasteiger partial charge < -0.3 is 8.83 Å². The van der Waals surface area contributed by atoms with E-state index >= 15 is 0 Å². The van der Waals surface area contributed by atoms with E-state index in [1.165, 1.54) is 68.5 Å². The first-order valence-corrected chi connectivity index (χ1v) is 18.5. The van der Waals surface area contributed by atoms with E-state index in [1.54, 1.807) is 0 Å². The molecule has 0 bridgehead atoms. The molecule has 50 heavy (non-hydrogen) atoms. The Bertz CT molecular complexity index is 3330. The summed E-state index contributed by atoms with van der Waals surface area (Å²) in [5.74, 6) is 0. The first-order valence-electron chi connectivity index (χ1n) is 16.8. The smallest absolute Gasteiger partial charge is 0.143 e. The van der Waals surface area contributed by atoms with Crippen LogP contribution >= 0.6 is 22.7 Å². The quantitative estimate of drug-likeness (QED) is 0.171. The van der Waals surface area contributed by atoms with E-state index in [2.05, 4.69) is 127 Å². The molecule has 8 aromatic carbocycles. The van der Waals surface area contributed by atoms with E-state index in [1.807, 2.05) is 40.9 Å². The average Bonchev–Trinajstić information content (AvgIpc) is 3.95. The van der Waals surface area contributed by atoms with Gasteiger partial charge in [0.1, 0.15) is 22.3 Å². The highest BCUT2D eigenvalue weighted by atomic mass is 32.1. The van der Waals surface area contributed by atoms with Gasteiger partial charge in [-0.15, -0.1) is 22.7 Å². The molecule has 0 spiro atoms. The second kappa shape index (κ2) is 9.82. The molecule has 0 amide bonds. The minimum absolute atomic E-state index is 0.869. The van der Waals surface area contributed by atoms with Gasteiger partial charge in [0.25, 0.3) is 0 Å². The maximum atomic E-state index is 6.84. The predicted octanol–water partition coefficient (Wildman–Crippen LogP) is 14.7. The first-order chi connectivity index (χ1) is 24.8. The molecule has 0 unspecified atom stereocenters. The van der Waals surface area contributed by atoms with Crippen molar-refractivity contribution in [1.29, 1.82) is 0 Å². The Morgan fingerprint density at radius 2 is 1.02 bits per heavy atom. The summed E-state index contributed by atoms with van der Waals surface area (Å²) < 4.78 is 17.1. The maximum Gasteiger partial charge on any atom is 0.143 e. The zero-order valence-electron chi connectivity index (χ0n) is 26.5. The summed E-state index contributed by atoms with van der Waals surface area (Å²) in [6.45, 7) is 0. The zero-order valence-corrected chi connectivity index (χ0v) is 28.1. The summed E-state index contributed by atoms with van der Waals surface area (Å²) in [6.07, 6.45) is 0. The van der Waals surface area contributed by atoms with Gasteiger partial charge >= 0.3 is 0 Å². The van der Waals surface area contributed by atoms with Gasteiger partial charge in [-0.1, -0.05) is 97.1 Å². The summed E-state index contributed by atoms with van der Waals surface area (Å²) in [6, 6.07) is 50.6. The molecule has 12 aromatic rings. The van der Waals surface area contributed by atoms with Crippen molar-refractivity contribution in [3.05, 3.63) is 145 Å². The molecule has 0 atom stereocenters. The third-order valence-electron chi connectivity index (χ3n) is 10.6. The molecular weight excluding hydrogens is 649 g/mol. The lowest BCUT2D eigenvalue weighted by molar-refractivity contribution is 0.663. The van der Waals surface area contributed by atoms with Crippen LogP contribution in [0.25, 0.3) is 118 Å². The van der Waals surface area contributed by atoms with Crippen LogP contribution in [0.1, 0.15) is 0 Å². The van der Waals surface area contributed by atoms with Crippen molar-refractivity contribution in [2.45, 2.75) is 0 Å². The fraction of sp³-hybridized carbons (Fsp3) is 0. The molecule has 2 nitrogen and oxygen atoms in total. The summed E-state index contributed by atoms with van der Waals surface area (Å²) in [4.78, 5) is 0. The van der Waals surface area contributed by atoms with Crippen molar-refractivity contribution in [2.75, 3.05) is 0 Å². The zero-order chi connectivity index (χ0) is 32.5. The molecule has 4 aromatic heterocycles. The number of hydrogen-bond donors (Lipinski definition) is 0. The van der Waals surface area contributed by atoms with Crippen LogP contribution in [0.4, 0.5) is 0 Å². The Morgan fingerprint density at radius 1 is 0.380 bits per heavy atom. The summed E-state index contributed by atoms with van der Waals surface area (Å²) in [7, 11) is 0. The van der Waals surface area contributed by atoms with Gasteiger partial charge in [0.2, 0.25) is 0 Å². The lowest BCUT2D eigenvalue weighted by atomic mass is 9.85. The molecule has 0 aliphatic carbocycles. The van der Waals surface area contributed by atoms with Crippen molar-refractivity contribution in [3.8, 4) is 22.3 Å². The van der Waals surface area contributed by atoms with Crippen LogP contribution in [0.2, 0.25) is 0 Å². The lowest BCUT2D eigenvalue weighted by Crippen LogP contribution is -1.91. The molecule has 0 N–H and O–H groups in total. The van der Waals surface area contributed by atoms with Crippen molar-refractivity contribution in [3.63, 3.8) is 0 Å². The van der Waals surface area contributed by atoms with Crippen molar-refractivity contribution in [1.82, 2.24) is 0 Å². The number of fused-ring (bicyclic) bond motifs is 14. The van der Waals surface area contributed by atoms with Gasteiger partial charge in [0, 0.05) is 62.9 Å². The third kappa shape index (κ3) is 3.51. The summed E-state index contributed by atoms with van der Waals surface area (Å²) >= 11 is 3.70. The van der Waals surface area contributed by atoms with E-state index in [-0.39, 0.29) is 0 Å². The van der Waals surface area contributed by atoms with Crippen LogP contribution in [0.5, 0.6) is 0 Å². The van der Waals surface area contributed by atoms with Crippen molar-refractivity contribution >= 4 is 118 Å². The molecular formula is C46H24O2S2. The number of furan rings is 2. The molecule has 4 heterocycles. The van der Waals surface area contributed by atoms with Crippen LogP contribution in [0.3, 0.4) is 0 Å². The topological polar surface area (TPSA) is 26.3 Å². The standard InChI is InChI=1S/C46H24O2S2/c1-3-10-28-26(8-1)41(25-16-17-31-40(24-25)50-39-21-20-38-32(43(31)39)22-23-49-38)27-9-2-4-11-29(27)42(28)33-13-7-14-34-45-37(48-46(33)34)19-18-36-44(45)30-12-5-6-15-35(30)47-36/h1-24H. The molecule has 4 heteroatoms. The molecule has 232 valence electrons. The molecule has 0 radical (unpaired) electrons. The van der Waals surface area contributed by atoms with Gasteiger partial charge in [-0.25, -0.2) is 0 Å². The highest BCUT2D eigenvalue weighted by molar-refractivity contribution is 7.26. The fourth-order valence-corrected chi connectivity index (χ4v) is 10.5. The Balaban J connectivity index is 1.16. The van der Waals surface area contributed by atoms with Crippen molar-refractivity contribution < 1.29 is 8.83 Å². The maximum absolute atomic E-state index is 6.84. The Hall–Kier alpha value is -5.94. The van der Waals surface area contributed by atoms with Crippen LogP contribution in [0, 0.1) is 0 Å². The Kier molecular flexibility index (Phi) is 5.29. The Morgan fingerprint density at radius 3 is 1.82 bits per heavy atom. The van der Waals surface area contributed by atoms with Crippen molar-refractivity contribution in [2.24, 2.45) is 0 Å². The normalized spacial score (nSPS) is 12.4. The number of thiophene rings is 2. The predicted molar refractivity (Wildman–Crippen MR) is 215 cm³/mol.